The van der Waals surface area contributed by atoms with Crippen LogP contribution < -0.4 is 4.90 Å². The molecule has 0 radical (unpaired) electrons. The van der Waals surface area contributed by atoms with Crippen molar-refractivity contribution in [2.24, 2.45) is 0 Å². The van der Waals surface area contributed by atoms with Crippen LogP contribution >= 0.6 is 0 Å². The average molecular weight is 190 g/mol. The predicted molar refractivity (Wildman–Crippen MR) is 54.4 cm³/mol. The van der Waals surface area contributed by atoms with Gasteiger partial charge in [0.15, 0.2) is 0 Å². The van der Waals surface area contributed by atoms with E-state index in [0.717, 1.165) is 19.7 Å². The number of hydrogen-bond acceptors (Lipinski definition) is 3. The molecule has 1 aromatic rings. The van der Waals surface area contributed by atoms with Gasteiger partial charge < -0.3 is 9.64 Å². The van der Waals surface area contributed by atoms with E-state index in [9.17, 15) is 0 Å². The van der Waals surface area contributed by atoms with E-state index in [1.54, 1.807) is 0 Å². The summed E-state index contributed by atoms with van der Waals surface area (Å²) in [7, 11) is 0. The minimum atomic E-state index is 0.276. The summed E-state index contributed by atoms with van der Waals surface area (Å²) in [5.41, 5.74) is 1.52. The van der Waals surface area contributed by atoms with Gasteiger partial charge >= 0.3 is 0 Å². The van der Waals surface area contributed by atoms with Crippen molar-refractivity contribution in [1.82, 2.24) is 4.98 Å². The van der Waals surface area contributed by atoms with Crippen molar-refractivity contribution in [1.29, 1.82) is 0 Å². The Labute approximate surface area is 83.7 Å². The second-order valence-corrected chi connectivity index (χ2v) is 4.17. The lowest BCUT2D eigenvalue weighted by Gasteiger charge is -2.31. The van der Waals surface area contributed by atoms with Gasteiger partial charge in [0.1, 0.15) is 0 Å². The summed E-state index contributed by atoms with van der Waals surface area (Å²) in [5.74, 6) is 0. The third kappa shape index (κ3) is 1.38. The Kier molecular flexibility index (Phi) is 1.74. The van der Waals surface area contributed by atoms with E-state index >= 15 is 0 Å². The van der Waals surface area contributed by atoms with Crippen molar-refractivity contribution in [2.75, 3.05) is 24.6 Å². The lowest BCUT2D eigenvalue weighted by molar-refractivity contribution is 0.258. The first-order valence-corrected chi connectivity index (χ1v) is 5.17. The molecule has 14 heavy (non-hydrogen) atoms. The van der Waals surface area contributed by atoms with E-state index < -0.39 is 0 Å². The van der Waals surface area contributed by atoms with E-state index in [4.69, 9.17) is 4.74 Å². The Morgan fingerprint density at radius 3 is 2.71 bits per heavy atom. The normalized spacial score (nSPS) is 23.9. The smallest absolute Gasteiger partial charge is 0.0950 e. The third-order valence-electron chi connectivity index (χ3n) is 3.24. The first-order chi connectivity index (χ1) is 6.88. The maximum atomic E-state index is 5.48. The first-order valence-electron chi connectivity index (χ1n) is 5.17. The van der Waals surface area contributed by atoms with Crippen molar-refractivity contribution in [3.63, 3.8) is 0 Å². The summed E-state index contributed by atoms with van der Waals surface area (Å²) in [6.07, 6.45) is 6.09. The molecular formula is C11H14N2O. The largest absolute Gasteiger partial charge is 0.370 e. The molecule has 3 nitrogen and oxygen atoms in total. The Hall–Kier alpha value is -1.09. The molecule has 0 amide bonds. The monoisotopic (exact) mass is 190 g/mol. The SMILES string of the molecule is c1cncc(N2CCC3(CC2)CO3)c1. The van der Waals surface area contributed by atoms with Gasteiger partial charge in [-0.25, -0.2) is 0 Å². The highest BCUT2D eigenvalue weighted by atomic mass is 16.6. The maximum Gasteiger partial charge on any atom is 0.0950 e. The van der Waals surface area contributed by atoms with Gasteiger partial charge in [-0.15, -0.1) is 0 Å². The van der Waals surface area contributed by atoms with E-state index in [1.165, 1.54) is 18.5 Å². The fourth-order valence-electron chi connectivity index (χ4n) is 2.10. The van der Waals surface area contributed by atoms with Crippen LogP contribution in [0.4, 0.5) is 5.69 Å². The highest BCUT2D eigenvalue weighted by molar-refractivity contribution is 5.44. The number of pyridine rings is 1. The number of piperidine rings is 1. The van der Waals surface area contributed by atoms with Crippen molar-refractivity contribution in [3.8, 4) is 0 Å². The second kappa shape index (κ2) is 2.95. The molecule has 3 heteroatoms. The van der Waals surface area contributed by atoms with Crippen LogP contribution in [0.3, 0.4) is 0 Å². The fourth-order valence-corrected chi connectivity index (χ4v) is 2.10. The number of anilines is 1. The average Bonchev–Trinajstić information content (AvgIpc) is 3.01. The summed E-state index contributed by atoms with van der Waals surface area (Å²) >= 11 is 0. The molecule has 0 aliphatic carbocycles. The summed E-state index contributed by atoms with van der Waals surface area (Å²) in [6, 6.07) is 4.12. The molecule has 1 aromatic heterocycles. The van der Waals surface area contributed by atoms with Crippen LogP contribution in [0, 0.1) is 0 Å². The Morgan fingerprint density at radius 1 is 1.36 bits per heavy atom. The van der Waals surface area contributed by atoms with E-state index in [-0.39, 0.29) is 5.60 Å². The molecule has 2 aliphatic rings. The summed E-state index contributed by atoms with van der Waals surface area (Å²) < 4.78 is 5.48. The number of aromatic nitrogens is 1. The Balaban J connectivity index is 1.70. The van der Waals surface area contributed by atoms with Gasteiger partial charge in [-0.3, -0.25) is 4.98 Å². The van der Waals surface area contributed by atoms with Gasteiger partial charge in [0.25, 0.3) is 0 Å². The molecule has 3 heterocycles. The molecule has 0 unspecified atom stereocenters. The lowest BCUT2D eigenvalue weighted by atomic mass is 9.97. The zero-order chi connectivity index (χ0) is 9.43. The van der Waals surface area contributed by atoms with Crippen LogP contribution in [0.15, 0.2) is 24.5 Å². The van der Waals surface area contributed by atoms with Gasteiger partial charge in [0.05, 0.1) is 24.1 Å². The quantitative estimate of drug-likeness (QED) is 0.627. The summed E-state index contributed by atoms with van der Waals surface area (Å²) in [5, 5.41) is 0. The fraction of sp³-hybridized carbons (Fsp3) is 0.545. The topological polar surface area (TPSA) is 28.7 Å². The van der Waals surface area contributed by atoms with Crippen molar-refractivity contribution < 1.29 is 4.74 Å². The van der Waals surface area contributed by atoms with Gasteiger partial charge in [-0.05, 0) is 25.0 Å². The first kappa shape index (κ1) is 8.24. The molecule has 0 saturated carbocycles. The van der Waals surface area contributed by atoms with Crippen LogP contribution in [-0.2, 0) is 4.74 Å². The van der Waals surface area contributed by atoms with Gasteiger partial charge in [0, 0.05) is 19.3 Å². The predicted octanol–water partition coefficient (Wildman–Crippen LogP) is 1.45. The maximum absolute atomic E-state index is 5.48. The van der Waals surface area contributed by atoms with Crippen LogP contribution in [-0.4, -0.2) is 30.3 Å². The molecule has 0 atom stereocenters. The van der Waals surface area contributed by atoms with E-state index in [2.05, 4.69) is 16.0 Å². The number of nitrogens with zero attached hydrogens (tertiary/aromatic N) is 2. The third-order valence-corrected chi connectivity index (χ3v) is 3.24. The van der Waals surface area contributed by atoms with Crippen LogP contribution in [0.5, 0.6) is 0 Å². The van der Waals surface area contributed by atoms with Crippen LogP contribution in [0.2, 0.25) is 0 Å². The number of epoxide rings is 1. The minimum Gasteiger partial charge on any atom is -0.370 e. The highest BCUT2D eigenvalue weighted by Crippen LogP contribution is 2.38. The lowest BCUT2D eigenvalue weighted by Crippen LogP contribution is -2.37. The molecule has 3 rings (SSSR count). The van der Waals surface area contributed by atoms with Crippen molar-refractivity contribution in [3.05, 3.63) is 24.5 Å². The van der Waals surface area contributed by atoms with E-state index in [1.807, 2.05) is 18.5 Å². The molecule has 2 aliphatic heterocycles. The Bertz CT molecular complexity index is 311. The van der Waals surface area contributed by atoms with Gasteiger partial charge in [-0.2, -0.15) is 0 Å². The molecule has 0 N–H and O–H groups in total. The molecule has 74 valence electrons. The number of hydrogen-bond donors (Lipinski definition) is 0. The molecule has 2 fully saturated rings. The number of rotatable bonds is 1. The van der Waals surface area contributed by atoms with Crippen LogP contribution in [0.1, 0.15) is 12.8 Å². The molecule has 0 aromatic carbocycles. The zero-order valence-corrected chi connectivity index (χ0v) is 8.15. The van der Waals surface area contributed by atoms with Gasteiger partial charge in [-0.1, -0.05) is 0 Å². The number of ether oxygens (including phenoxy) is 1. The summed E-state index contributed by atoms with van der Waals surface area (Å²) in [4.78, 5) is 6.53. The molecular weight excluding hydrogens is 176 g/mol. The van der Waals surface area contributed by atoms with E-state index in [0.29, 0.717) is 0 Å². The zero-order valence-electron chi connectivity index (χ0n) is 8.15. The minimum absolute atomic E-state index is 0.276. The highest BCUT2D eigenvalue weighted by Gasteiger charge is 2.46. The molecule has 2 saturated heterocycles. The second-order valence-electron chi connectivity index (χ2n) is 4.17. The Morgan fingerprint density at radius 2 is 2.14 bits per heavy atom. The molecule has 1 spiro atoms. The standard InChI is InChI=1S/C11H14N2O/c1-2-10(8-12-5-1)13-6-3-11(4-7-13)9-14-11/h1-2,5,8H,3-4,6-7,9H2. The van der Waals surface area contributed by atoms with Gasteiger partial charge in [0.2, 0.25) is 0 Å². The van der Waals surface area contributed by atoms with Crippen molar-refractivity contribution in [2.45, 2.75) is 18.4 Å². The molecule has 0 bridgehead atoms. The van der Waals surface area contributed by atoms with Crippen LogP contribution in [0.25, 0.3) is 0 Å². The summed E-state index contributed by atoms with van der Waals surface area (Å²) in [6.45, 7) is 3.19. The van der Waals surface area contributed by atoms with Crippen molar-refractivity contribution >= 4 is 5.69 Å².